The number of ether oxygens (including phenoxy) is 1. The van der Waals surface area contributed by atoms with Crippen molar-refractivity contribution in [2.24, 2.45) is 0 Å². The van der Waals surface area contributed by atoms with Gasteiger partial charge in [-0.15, -0.1) is 0 Å². The average Bonchev–Trinajstić information content (AvgIpc) is 2.75. The Morgan fingerprint density at radius 3 is 2.44 bits per heavy atom. The zero-order valence-corrected chi connectivity index (χ0v) is 18.8. The maximum Gasteiger partial charge on any atom is 0.416 e. The predicted octanol–water partition coefficient (Wildman–Crippen LogP) is 5.18. The molecule has 0 unspecified atom stereocenters. The normalized spacial score (nSPS) is 15.4. The minimum atomic E-state index is -4.61. The lowest BCUT2D eigenvalue weighted by atomic mass is 10.1. The van der Waals surface area contributed by atoms with Gasteiger partial charge in [-0.3, -0.25) is 4.79 Å². The highest BCUT2D eigenvalue weighted by molar-refractivity contribution is 7.89. The van der Waals surface area contributed by atoms with Gasteiger partial charge in [-0.05, 0) is 56.2 Å². The molecule has 2 aromatic rings. The number of piperidine rings is 1. The summed E-state index contributed by atoms with van der Waals surface area (Å²) in [5, 5.41) is 2.35. The molecule has 1 aliphatic heterocycles. The van der Waals surface area contributed by atoms with Crippen LogP contribution < -0.4 is 10.1 Å². The van der Waals surface area contributed by atoms with Gasteiger partial charge >= 0.3 is 6.18 Å². The van der Waals surface area contributed by atoms with E-state index in [1.807, 2.05) is 0 Å². The molecule has 1 N–H and O–H groups in total. The van der Waals surface area contributed by atoms with Crippen molar-refractivity contribution < 1.29 is 31.1 Å². The SMILES string of the molecule is CCOc1ccc(C(F)(F)F)cc1NC(=O)c1ccc(Cl)c(S(=O)(=O)N2CCCCC2)c1. The number of halogens is 4. The van der Waals surface area contributed by atoms with Crippen LogP contribution in [0.3, 0.4) is 0 Å². The van der Waals surface area contributed by atoms with E-state index in [0.717, 1.165) is 43.5 Å². The number of alkyl halides is 3. The number of nitrogens with zero attached hydrogens (tertiary/aromatic N) is 1. The molecule has 3 rings (SSSR count). The van der Waals surface area contributed by atoms with Crippen molar-refractivity contribution in [2.45, 2.75) is 37.3 Å². The fraction of sp³-hybridized carbons (Fsp3) is 0.381. The Labute approximate surface area is 189 Å². The lowest BCUT2D eigenvalue weighted by Crippen LogP contribution is -2.35. The predicted molar refractivity (Wildman–Crippen MR) is 115 cm³/mol. The molecule has 1 heterocycles. The van der Waals surface area contributed by atoms with Crippen LogP contribution in [0.4, 0.5) is 18.9 Å². The smallest absolute Gasteiger partial charge is 0.416 e. The Balaban J connectivity index is 1.93. The molecule has 0 aromatic heterocycles. The van der Waals surface area contributed by atoms with Crippen LogP contribution in [-0.4, -0.2) is 38.3 Å². The number of anilines is 1. The van der Waals surface area contributed by atoms with Gasteiger partial charge < -0.3 is 10.1 Å². The van der Waals surface area contributed by atoms with Crippen molar-refractivity contribution in [3.8, 4) is 5.75 Å². The summed E-state index contributed by atoms with van der Waals surface area (Å²) >= 11 is 6.12. The number of rotatable bonds is 6. The van der Waals surface area contributed by atoms with Crippen molar-refractivity contribution in [1.29, 1.82) is 0 Å². The zero-order valence-electron chi connectivity index (χ0n) is 17.2. The molecule has 32 heavy (non-hydrogen) atoms. The highest BCUT2D eigenvalue weighted by Gasteiger charge is 2.32. The van der Waals surface area contributed by atoms with E-state index in [0.29, 0.717) is 13.1 Å². The maximum absolute atomic E-state index is 13.1. The number of nitrogens with one attached hydrogen (secondary N) is 1. The number of hydrogen-bond donors (Lipinski definition) is 1. The van der Waals surface area contributed by atoms with Crippen LogP contribution in [-0.2, 0) is 16.2 Å². The van der Waals surface area contributed by atoms with E-state index in [-0.39, 0.29) is 33.5 Å². The summed E-state index contributed by atoms with van der Waals surface area (Å²) in [4.78, 5) is 12.6. The molecule has 1 fully saturated rings. The molecule has 0 radical (unpaired) electrons. The molecule has 174 valence electrons. The molecule has 0 saturated carbocycles. The molecule has 0 spiro atoms. The fourth-order valence-electron chi connectivity index (χ4n) is 3.37. The van der Waals surface area contributed by atoms with E-state index in [1.165, 1.54) is 16.4 Å². The Kier molecular flexibility index (Phi) is 7.36. The van der Waals surface area contributed by atoms with Gasteiger partial charge in [0.2, 0.25) is 10.0 Å². The Hall–Kier alpha value is -2.30. The van der Waals surface area contributed by atoms with Crippen molar-refractivity contribution in [1.82, 2.24) is 4.31 Å². The third kappa shape index (κ3) is 5.36. The summed E-state index contributed by atoms with van der Waals surface area (Å²) in [5.74, 6) is -0.735. The number of hydrogen-bond acceptors (Lipinski definition) is 4. The standard InChI is InChI=1S/C21H22ClF3N2O4S/c1-2-31-18-9-7-15(21(23,24)25)13-17(18)26-20(28)14-6-8-16(22)19(12-14)32(29,30)27-10-4-3-5-11-27/h6-9,12-13H,2-5,10-11H2,1H3,(H,26,28). The molecule has 2 aromatic carbocycles. The van der Waals surface area contributed by atoms with Gasteiger partial charge in [-0.2, -0.15) is 17.5 Å². The second-order valence-corrected chi connectivity index (χ2v) is 9.52. The van der Waals surface area contributed by atoms with Crippen molar-refractivity contribution in [3.05, 3.63) is 52.5 Å². The van der Waals surface area contributed by atoms with Crippen LogP contribution in [0.2, 0.25) is 5.02 Å². The maximum atomic E-state index is 13.1. The first-order chi connectivity index (χ1) is 15.0. The Bertz CT molecular complexity index is 1100. The number of benzene rings is 2. The van der Waals surface area contributed by atoms with Gasteiger partial charge in [0.05, 0.1) is 22.9 Å². The van der Waals surface area contributed by atoms with Crippen LogP contribution in [0.1, 0.15) is 42.1 Å². The van der Waals surface area contributed by atoms with E-state index in [2.05, 4.69) is 5.32 Å². The molecule has 11 heteroatoms. The van der Waals surface area contributed by atoms with Crippen molar-refractivity contribution in [3.63, 3.8) is 0 Å². The van der Waals surface area contributed by atoms with E-state index in [9.17, 15) is 26.4 Å². The lowest BCUT2D eigenvalue weighted by Gasteiger charge is -2.26. The van der Waals surface area contributed by atoms with Crippen molar-refractivity contribution >= 4 is 33.2 Å². The van der Waals surface area contributed by atoms with Crippen LogP contribution in [0.25, 0.3) is 0 Å². The van der Waals surface area contributed by atoms with Gasteiger partial charge in [0.15, 0.2) is 0 Å². The summed E-state index contributed by atoms with van der Waals surface area (Å²) in [5.41, 5.74) is -1.20. The van der Waals surface area contributed by atoms with Crippen LogP contribution in [0, 0.1) is 0 Å². The molecule has 1 saturated heterocycles. The fourth-order valence-corrected chi connectivity index (χ4v) is 5.38. The first kappa shape index (κ1) is 24.3. The largest absolute Gasteiger partial charge is 0.492 e. The highest BCUT2D eigenvalue weighted by atomic mass is 35.5. The van der Waals surface area contributed by atoms with Crippen LogP contribution in [0.15, 0.2) is 41.3 Å². The first-order valence-corrected chi connectivity index (χ1v) is 11.8. The highest BCUT2D eigenvalue weighted by Crippen LogP contribution is 2.35. The quantitative estimate of drug-likeness (QED) is 0.605. The molecule has 1 amide bonds. The molecule has 0 atom stereocenters. The Morgan fingerprint density at radius 2 is 1.81 bits per heavy atom. The van der Waals surface area contributed by atoms with Gasteiger partial charge in [-0.1, -0.05) is 18.0 Å². The van der Waals surface area contributed by atoms with Crippen molar-refractivity contribution in [2.75, 3.05) is 25.0 Å². The van der Waals surface area contributed by atoms with Crippen LogP contribution in [0.5, 0.6) is 5.75 Å². The van der Waals surface area contributed by atoms with Crippen LogP contribution >= 0.6 is 11.6 Å². The summed E-state index contributed by atoms with van der Waals surface area (Å²) in [6, 6.07) is 6.46. The summed E-state index contributed by atoms with van der Waals surface area (Å²) in [6.07, 6.45) is -2.22. The number of amides is 1. The minimum Gasteiger partial charge on any atom is -0.492 e. The number of carbonyl (C=O) groups is 1. The second-order valence-electron chi connectivity index (χ2n) is 7.21. The van der Waals surface area contributed by atoms with E-state index < -0.39 is 27.7 Å². The minimum absolute atomic E-state index is 0.0406. The average molecular weight is 491 g/mol. The molecule has 0 bridgehead atoms. The zero-order chi connectivity index (χ0) is 23.5. The summed E-state index contributed by atoms with van der Waals surface area (Å²) in [6.45, 7) is 2.54. The third-order valence-electron chi connectivity index (χ3n) is 4.98. The lowest BCUT2D eigenvalue weighted by molar-refractivity contribution is -0.137. The molecule has 6 nitrogen and oxygen atoms in total. The molecule has 0 aliphatic carbocycles. The monoisotopic (exact) mass is 490 g/mol. The molecular weight excluding hydrogens is 469 g/mol. The number of sulfonamides is 1. The van der Waals surface area contributed by atoms with E-state index in [4.69, 9.17) is 16.3 Å². The second kappa shape index (κ2) is 9.68. The summed E-state index contributed by atoms with van der Waals surface area (Å²) in [7, 11) is -3.92. The molecular formula is C21H22ClF3N2O4S. The van der Waals surface area contributed by atoms with E-state index in [1.54, 1.807) is 6.92 Å². The van der Waals surface area contributed by atoms with Gasteiger partial charge in [0.25, 0.3) is 5.91 Å². The first-order valence-electron chi connectivity index (χ1n) is 9.99. The summed E-state index contributed by atoms with van der Waals surface area (Å²) < 4.78 is 72.0. The molecule has 1 aliphatic rings. The third-order valence-corrected chi connectivity index (χ3v) is 7.36. The number of carbonyl (C=O) groups excluding carboxylic acids is 1. The van der Waals surface area contributed by atoms with Gasteiger partial charge in [0, 0.05) is 18.7 Å². The van der Waals surface area contributed by atoms with Gasteiger partial charge in [-0.25, -0.2) is 8.42 Å². The Morgan fingerprint density at radius 1 is 1.12 bits per heavy atom. The topological polar surface area (TPSA) is 75.7 Å². The van der Waals surface area contributed by atoms with Gasteiger partial charge in [0.1, 0.15) is 10.6 Å². The van der Waals surface area contributed by atoms with E-state index >= 15 is 0 Å².